The van der Waals surface area contributed by atoms with Crippen molar-refractivity contribution < 1.29 is 24.5 Å². The number of hydrogen-bond acceptors (Lipinski definition) is 6. The first-order valence-electron chi connectivity index (χ1n) is 7.85. The van der Waals surface area contributed by atoms with Gasteiger partial charge in [-0.3, -0.25) is 9.59 Å². The summed E-state index contributed by atoms with van der Waals surface area (Å²) in [4.78, 5) is 24.6. The van der Waals surface area contributed by atoms with Gasteiger partial charge in [0.15, 0.2) is 5.78 Å². The summed E-state index contributed by atoms with van der Waals surface area (Å²) in [7, 11) is 1.80. The number of rotatable bonds is 1. The summed E-state index contributed by atoms with van der Waals surface area (Å²) < 4.78 is 5.33. The second kappa shape index (κ2) is 7.46. The van der Waals surface area contributed by atoms with Crippen molar-refractivity contribution in [1.29, 1.82) is 0 Å². The zero-order chi connectivity index (χ0) is 17.0. The molecule has 23 heavy (non-hydrogen) atoms. The monoisotopic (exact) mass is 321 g/mol. The minimum absolute atomic E-state index is 0.00844. The summed E-state index contributed by atoms with van der Waals surface area (Å²) >= 11 is 0. The van der Waals surface area contributed by atoms with Crippen LogP contribution in [0.3, 0.4) is 0 Å². The van der Waals surface area contributed by atoms with E-state index in [-0.39, 0.29) is 47.8 Å². The number of benzene rings is 1. The molecule has 0 aliphatic carbocycles. The first-order valence-corrected chi connectivity index (χ1v) is 7.85. The van der Waals surface area contributed by atoms with E-state index in [0.29, 0.717) is 5.56 Å². The van der Waals surface area contributed by atoms with Crippen LogP contribution < -0.4 is 5.32 Å². The zero-order valence-electron chi connectivity index (χ0n) is 13.5. The molecule has 0 saturated heterocycles. The summed E-state index contributed by atoms with van der Waals surface area (Å²) in [5, 5.41) is 22.8. The maximum atomic E-state index is 12.6. The summed E-state index contributed by atoms with van der Waals surface area (Å²) in [5.74, 6) is -1.22. The Labute approximate surface area is 135 Å². The van der Waals surface area contributed by atoms with Crippen molar-refractivity contribution in [2.45, 2.75) is 51.2 Å². The Morgan fingerprint density at radius 3 is 2.65 bits per heavy atom. The van der Waals surface area contributed by atoms with Gasteiger partial charge in [0.25, 0.3) is 0 Å². The lowest BCUT2D eigenvalue weighted by Crippen LogP contribution is -2.29. The highest BCUT2D eigenvalue weighted by Gasteiger charge is 2.24. The number of Topliss-reactive ketones (excluding diaryl/α,β-unsaturated/α-hetero) is 1. The molecule has 0 fully saturated rings. The number of cyclic esters (lactones) is 1. The number of carbonyl (C=O) groups is 2. The normalized spacial score (nSPS) is 23.4. The first-order chi connectivity index (χ1) is 10.9. The van der Waals surface area contributed by atoms with Gasteiger partial charge in [-0.15, -0.1) is 0 Å². The lowest BCUT2D eigenvalue weighted by atomic mass is 9.93. The van der Waals surface area contributed by atoms with Crippen molar-refractivity contribution in [1.82, 2.24) is 5.32 Å². The molecule has 2 atom stereocenters. The lowest BCUT2D eigenvalue weighted by molar-refractivity contribution is -0.147. The molecule has 1 unspecified atom stereocenters. The Bertz CT molecular complexity index is 599. The predicted octanol–water partition coefficient (Wildman–Crippen LogP) is 1.92. The van der Waals surface area contributed by atoms with Crippen LogP contribution in [0.1, 0.15) is 48.5 Å². The van der Waals surface area contributed by atoms with Crippen LogP contribution in [0.25, 0.3) is 0 Å². The van der Waals surface area contributed by atoms with Crippen molar-refractivity contribution in [3.8, 4) is 11.5 Å². The molecule has 0 spiro atoms. The fourth-order valence-electron chi connectivity index (χ4n) is 2.94. The van der Waals surface area contributed by atoms with Gasteiger partial charge < -0.3 is 20.3 Å². The average Bonchev–Trinajstić information content (AvgIpc) is 2.43. The molecule has 3 N–H and O–H groups in total. The van der Waals surface area contributed by atoms with Gasteiger partial charge in [-0.1, -0.05) is 0 Å². The highest BCUT2D eigenvalue weighted by molar-refractivity contribution is 6.01. The molecule has 1 aliphatic rings. The molecule has 1 aromatic carbocycles. The van der Waals surface area contributed by atoms with Gasteiger partial charge in [0.2, 0.25) is 0 Å². The molecular weight excluding hydrogens is 298 g/mol. The van der Waals surface area contributed by atoms with Crippen LogP contribution in [0.4, 0.5) is 0 Å². The lowest BCUT2D eigenvalue weighted by Gasteiger charge is -2.20. The second-order valence-electron chi connectivity index (χ2n) is 6.02. The van der Waals surface area contributed by atoms with E-state index in [9.17, 15) is 19.8 Å². The Hall–Kier alpha value is -2.08. The van der Waals surface area contributed by atoms with Crippen molar-refractivity contribution in [2.24, 2.45) is 0 Å². The highest BCUT2D eigenvalue weighted by Crippen LogP contribution is 2.30. The quantitative estimate of drug-likeness (QED) is 0.684. The standard InChI is InChI=1S/C17H23NO5/c1-10-4-3-5-12(18-2)8-14(20)17-11(7-16(22)23-10)6-13(19)9-15(17)21/h6,9-10,12,18-19,21H,3-5,7-8H2,1-2H3/t10-,12?/m0/s1. The van der Waals surface area contributed by atoms with Crippen LogP contribution in [-0.2, 0) is 16.0 Å². The van der Waals surface area contributed by atoms with E-state index in [1.54, 1.807) is 7.05 Å². The van der Waals surface area contributed by atoms with E-state index in [4.69, 9.17) is 4.74 Å². The van der Waals surface area contributed by atoms with Gasteiger partial charge in [-0.05, 0) is 44.9 Å². The van der Waals surface area contributed by atoms with Gasteiger partial charge in [0.1, 0.15) is 11.5 Å². The number of fused-ring (bicyclic) bond motifs is 1. The van der Waals surface area contributed by atoms with E-state index in [2.05, 4.69) is 5.32 Å². The molecule has 2 rings (SSSR count). The Morgan fingerprint density at radius 1 is 1.22 bits per heavy atom. The number of phenols is 2. The summed E-state index contributed by atoms with van der Waals surface area (Å²) in [6.45, 7) is 1.84. The second-order valence-corrected chi connectivity index (χ2v) is 6.02. The topological polar surface area (TPSA) is 95.9 Å². The third kappa shape index (κ3) is 4.45. The Kier molecular flexibility index (Phi) is 5.60. The van der Waals surface area contributed by atoms with Crippen LogP contribution in [0.2, 0.25) is 0 Å². The van der Waals surface area contributed by atoms with E-state index in [1.807, 2.05) is 6.92 Å². The number of ketones is 1. The van der Waals surface area contributed by atoms with E-state index < -0.39 is 5.97 Å². The number of esters is 1. The maximum Gasteiger partial charge on any atom is 0.310 e. The summed E-state index contributed by atoms with van der Waals surface area (Å²) in [5.41, 5.74) is 0.383. The predicted molar refractivity (Wildman–Crippen MR) is 84.7 cm³/mol. The Morgan fingerprint density at radius 2 is 1.96 bits per heavy atom. The summed E-state index contributed by atoms with van der Waals surface area (Å²) in [6, 6.07) is 2.44. The smallest absolute Gasteiger partial charge is 0.310 e. The fraction of sp³-hybridized carbons (Fsp3) is 0.529. The zero-order valence-corrected chi connectivity index (χ0v) is 13.5. The van der Waals surface area contributed by atoms with Crippen LogP contribution in [-0.4, -0.2) is 41.2 Å². The van der Waals surface area contributed by atoms with Crippen LogP contribution in [0.15, 0.2) is 12.1 Å². The SMILES string of the molecule is CNC1CCC[C@H](C)OC(=O)Cc2cc(O)cc(O)c2C(=O)C1. The van der Waals surface area contributed by atoms with Crippen molar-refractivity contribution >= 4 is 11.8 Å². The largest absolute Gasteiger partial charge is 0.508 e. The molecule has 1 aromatic rings. The van der Waals surface area contributed by atoms with Crippen molar-refractivity contribution in [3.05, 3.63) is 23.3 Å². The van der Waals surface area contributed by atoms with Crippen LogP contribution >= 0.6 is 0 Å². The van der Waals surface area contributed by atoms with Crippen molar-refractivity contribution in [2.75, 3.05) is 7.05 Å². The third-order valence-corrected chi connectivity index (χ3v) is 4.13. The number of hydrogen-bond donors (Lipinski definition) is 3. The molecule has 6 heteroatoms. The number of nitrogens with one attached hydrogen (secondary N) is 1. The fourth-order valence-corrected chi connectivity index (χ4v) is 2.94. The van der Waals surface area contributed by atoms with Gasteiger partial charge in [0, 0.05) is 18.5 Å². The molecule has 1 aliphatic heterocycles. The Balaban J connectivity index is 2.40. The molecule has 126 valence electrons. The number of ether oxygens (including phenoxy) is 1. The van der Waals surface area contributed by atoms with Gasteiger partial charge in [-0.25, -0.2) is 0 Å². The summed E-state index contributed by atoms with van der Waals surface area (Å²) in [6.07, 6.45) is 2.21. The van der Waals surface area contributed by atoms with Crippen molar-refractivity contribution in [3.63, 3.8) is 0 Å². The molecule has 6 nitrogen and oxygen atoms in total. The highest BCUT2D eigenvalue weighted by atomic mass is 16.5. The number of aromatic hydroxyl groups is 2. The molecular formula is C17H23NO5. The van der Waals surface area contributed by atoms with E-state index in [1.165, 1.54) is 6.07 Å². The van der Waals surface area contributed by atoms with E-state index in [0.717, 1.165) is 25.3 Å². The van der Waals surface area contributed by atoms with Gasteiger partial charge >= 0.3 is 5.97 Å². The molecule has 0 saturated carbocycles. The number of carbonyl (C=O) groups excluding carboxylic acids is 2. The first kappa shape index (κ1) is 17.3. The average molecular weight is 321 g/mol. The van der Waals surface area contributed by atoms with Crippen LogP contribution in [0.5, 0.6) is 11.5 Å². The third-order valence-electron chi connectivity index (χ3n) is 4.13. The maximum absolute atomic E-state index is 12.6. The molecule has 1 heterocycles. The molecule has 0 aromatic heterocycles. The minimum Gasteiger partial charge on any atom is -0.508 e. The molecule has 0 bridgehead atoms. The van der Waals surface area contributed by atoms with E-state index >= 15 is 0 Å². The van der Waals surface area contributed by atoms with Crippen LogP contribution in [0, 0.1) is 0 Å². The molecule has 0 radical (unpaired) electrons. The van der Waals surface area contributed by atoms with Gasteiger partial charge in [0.05, 0.1) is 18.1 Å². The number of phenolic OH excluding ortho intramolecular Hbond substituents is 2. The minimum atomic E-state index is -0.470. The van der Waals surface area contributed by atoms with Gasteiger partial charge in [-0.2, -0.15) is 0 Å². The molecule has 0 amide bonds.